The minimum absolute atomic E-state index is 0.0957. The van der Waals surface area contributed by atoms with Gasteiger partial charge in [0, 0.05) is 23.7 Å². The van der Waals surface area contributed by atoms with Gasteiger partial charge in [-0.25, -0.2) is 0 Å². The van der Waals surface area contributed by atoms with Crippen LogP contribution in [-0.4, -0.2) is 34.1 Å². The molecule has 1 saturated heterocycles. The molecule has 1 amide bonds. The van der Waals surface area contributed by atoms with Crippen LogP contribution in [0.5, 0.6) is 0 Å². The largest absolute Gasteiger partial charge is 0.411 e. The minimum atomic E-state index is -0.410. The molecule has 0 radical (unpaired) electrons. The molecule has 4 rings (SSSR count). The molecule has 144 valence electrons. The van der Waals surface area contributed by atoms with Gasteiger partial charge >= 0.3 is 0 Å². The highest BCUT2D eigenvalue weighted by molar-refractivity contribution is 8.00. The summed E-state index contributed by atoms with van der Waals surface area (Å²) in [6.45, 7) is 1.61. The van der Waals surface area contributed by atoms with Crippen molar-refractivity contribution in [3.63, 3.8) is 0 Å². The first-order chi connectivity index (χ1) is 13.7. The quantitative estimate of drug-likeness (QED) is 0.535. The first kappa shape index (κ1) is 19.0. The number of carbonyl (C=O) groups is 1. The van der Waals surface area contributed by atoms with Crippen molar-refractivity contribution in [3.8, 4) is 11.5 Å². The van der Waals surface area contributed by atoms with Gasteiger partial charge < -0.3 is 9.32 Å². The number of likely N-dealkylation sites (tertiary alicyclic amines) is 1. The first-order valence-electron chi connectivity index (χ1n) is 9.30. The maximum absolute atomic E-state index is 13.2. The van der Waals surface area contributed by atoms with E-state index in [2.05, 4.69) is 10.2 Å². The van der Waals surface area contributed by atoms with Gasteiger partial charge in [0.2, 0.25) is 11.8 Å². The van der Waals surface area contributed by atoms with Crippen molar-refractivity contribution in [2.24, 2.45) is 0 Å². The van der Waals surface area contributed by atoms with Gasteiger partial charge in [-0.15, -0.1) is 10.2 Å². The average molecular weight is 414 g/mol. The van der Waals surface area contributed by atoms with E-state index >= 15 is 0 Å². The average Bonchev–Trinajstić information content (AvgIpc) is 3.22. The third kappa shape index (κ3) is 4.39. The number of hydrogen-bond acceptors (Lipinski definition) is 5. The zero-order valence-corrected chi connectivity index (χ0v) is 16.8. The van der Waals surface area contributed by atoms with E-state index in [4.69, 9.17) is 16.0 Å². The second-order valence-electron chi connectivity index (χ2n) is 6.68. The Hall–Kier alpha value is -2.31. The van der Waals surface area contributed by atoms with Crippen LogP contribution in [-0.2, 0) is 4.79 Å². The zero-order valence-electron chi connectivity index (χ0n) is 15.3. The van der Waals surface area contributed by atoms with Crippen LogP contribution in [0.25, 0.3) is 11.5 Å². The standard InChI is InChI=1S/C21H20ClN3O2S/c22-17-11-7-10-16(14-17)19-23-24-21(27-19)28-18(15-8-3-1-4-9-15)20(26)25-12-5-2-6-13-25/h1,3-4,7-11,14,18H,2,5-6,12-13H2. The molecular weight excluding hydrogens is 394 g/mol. The molecule has 2 aromatic carbocycles. The number of benzene rings is 2. The molecule has 0 bridgehead atoms. The second kappa shape index (κ2) is 8.80. The highest BCUT2D eigenvalue weighted by Crippen LogP contribution is 2.37. The lowest BCUT2D eigenvalue weighted by molar-refractivity contribution is -0.131. The number of halogens is 1. The van der Waals surface area contributed by atoms with E-state index in [0.717, 1.165) is 37.1 Å². The Morgan fingerprint density at radius 1 is 1.04 bits per heavy atom. The number of piperidine rings is 1. The molecule has 3 aromatic rings. The van der Waals surface area contributed by atoms with Crippen molar-refractivity contribution in [2.45, 2.75) is 29.7 Å². The summed E-state index contributed by atoms with van der Waals surface area (Å²) in [5.41, 5.74) is 1.69. The van der Waals surface area contributed by atoms with Gasteiger partial charge in [0.15, 0.2) is 0 Å². The fourth-order valence-corrected chi connectivity index (χ4v) is 4.42. The molecule has 1 aliphatic rings. The second-order valence-corrected chi connectivity index (χ2v) is 8.17. The van der Waals surface area contributed by atoms with Crippen molar-refractivity contribution in [2.75, 3.05) is 13.1 Å². The van der Waals surface area contributed by atoms with Gasteiger partial charge in [-0.2, -0.15) is 0 Å². The molecule has 0 spiro atoms. The van der Waals surface area contributed by atoms with Gasteiger partial charge in [-0.05, 0) is 54.8 Å². The maximum atomic E-state index is 13.2. The summed E-state index contributed by atoms with van der Waals surface area (Å²) >= 11 is 7.35. The van der Waals surface area contributed by atoms with Crippen LogP contribution in [0.15, 0.2) is 64.2 Å². The van der Waals surface area contributed by atoms with E-state index in [9.17, 15) is 4.79 Å². The molecule has 2 heterocycles. The molecule has 0 saturated carbocycles. The van der Waals surface area contributed by atoms with E-state index in [1.807, 2.05) is 47.4 Å². The minimum Gasteiger partial charge on any atom is -0.411 e. The number of rotatable bonds is 5. The number of thioether (sulfide) groups is 1. The lowest BCUT2D eigenvalue weighted by Crippen LogP contribution is -2.38. The maximum Gasteiger partial charge on any atom is 0.277 e. The molecule has 5 nitrogen and oxygen atoms in total. The molecule has 1 fully saturated rings. The number of hydrogen-bond donors (Lipinski definition) is 0. The summed E-state index contributed by atoms with van der Waals surface area (Å²) in [7, 11) is 0. The van der Waals surface area contributed by atoms with Crippen molar-refractivity contribution >= 4 is 29.3 Å². The van der Waals surface area contributed by atoms with Crippen LogP contribution in [0.3, 0.4) is 0 Å². The summed E-state index contributed by atoms with van der Waals surface area (Å²) in [4.78, 5) is 15.2. The molecule has 7 heteroatoms. The summed E-state index contributed by atoms with van der Waals surface area (Å²) in [5.74, 6) is 0.487. The summed E-state index contributed by atoms with van der Waals surface area (Å²) in [6, 6.07) is 17.0. The molecule has 1 aromatic heterocycles. The van der Waals surface area contributed by atoms with Crippen molar-refractivity contribution in [3.05, 3.63) is 65.2 Å². The van der Waals surface area contributed by atoms with Crippen molar-refractivity contribution < 1.29 is 9.21 Å². The molecule has 1 atom stereocenters. The SMILES string of the molecule is O=C(C(Sc1nnc(-c2cccc(Cl)c2)o1)c1ccccc1)N1CCCCC1. The zero-order chi connectivity index (χ0) is 19.3. The van der Waals surface area contributed by atoms with E-state index in [0.29, 0.717) is 16.1 Å². The smallest absolute Gasteiger partial charge is 0.277 e. The predicted octanol–water partition coefficient (Wildman–Crippen LogP) is 5.24. The van der Waals surface area contributed by atoms with Crippen LogP contribution in [0.2, 0.25) is 5.02 Å². The normalized spacial score (nSPS) is 15.4. The highest BCUT2D eigenvalue weighted by atomic mass is 35.5. The Kier molecular flexibility index (Phi) is 5.98. The van der Waals surface area contributed by atoms with Gasteiger partial charge in [-0.3, -0.25) is 4.79 Å². The van der Waals surface area contributed by atoms with E-state index in [-0.39, 0.29) is 5.91 Å². The Bertz CT molecular complexity index is 942. The van der Waals surface area contributed by atoms with Crippen LogP contribution >= 0.6 is 23.4 Å². The molecule has 28 heavy (non-hydrogen) atoms. The third-order valence-corrected chi connectivity index (χ3v) is 6.00. The number of aromatic nitrogens is 2. The number of nitrogens with zero attached hydrogens (tertiary/aromatic N) is 3. The lowest BCUT2D eigenvalue weighted by atomic mass is 10.1. The van der Waals surface area contributed by atoms with E-state index in [1.165, 1.54) is 18.2 Å². The Labute approximate surface area is 173 Å². The topological polar surface area (TPSA) is 59.2 Å². The van der Waals surface area contributed by atoms with Crippen LogP contribution in [0.1, 0.15) is 30.1 Å². The van der Waals surface area contributed by atoms with Gasteiger partial charge in [0.1, 0.15) is 5.25 Å². The third-order valence-electron chi connectivity index (χ3n) is 4.69. The van der Waals surface area contributed by atoms with Crippen molar-refractivity contribution in [1.82, 2.24) is 15.1 Å². The Morgan fingerprint density at radius 2 is 1.82 bits per heavy atom. The molecule has 1 aliphatic heterocycles. The molecule has 0 aliphatic carbocycles. The van der Waals surface area contributed by atoms with Crippen LogP contribution in [0, 0.1) is 0 Å². The van der Waals surface area contributed by atoms with Crippen LogP contribution < -0.4 is 0 Å². The lowest BCUT2D eigenvalue weighted by Gasteiger charge is -2.29. The molecule has 0 N–H and O–H groups in total. The van der Waals surface area contributed by atoms with Gasteiger partial charge in [0.25, 0.3) is 5.22 Å². The fraction of sp³-hybridized carbons (Fsp3) is 0.286. The van der Waals surface area contributed by atoms with Gasteiger partial charge in [-0.1, -0.05) is 48.0 Å². The summed E-state index contributed by atoms with van der Waals surface area (Å²) in [5, 5.41) is 8.84. The number of carbonyl (C=O) groups excluding carboxylic acids is 1. The van der Waals surface area contributed by atoms with E-state index < -0.39 is 5.25 Å². The summed E-state index contributed by atoms with van der Waals surface area (Å²) < 4.78 is 5.83. The van der Waals surface area contributed by atoms with Crippen LogP contribution in [0.4, 0.5) is 0 Å². The Balaban J connectivity index is 1.58. The van der Waals surface area contributed by atoms with Gasteiger partial charge in [0.05, 0.1) is 0 Å². The first-order valence-corrected chi connectivity index (χ1v) is 10.6. The summed E-state index contributed by atoms with van der Waals surface area (Å²) in [6.07, 6.45) is 3.29. The Morgan fingerprint density at radius 3 is 2.57 bits per heavy atom. The predicted molar refractivity (Wildman–Crippen MR) is 110 cm³/mol. The monoisotopic (exact) mass is 413 g/mol. The fourth-order valence-electron chi connectivity index (χ4n) is 3.27. The molecule has 1 unspecified atom stereocenters. The molecular formula is C21H20ClN3O2S. The van der Waals surface area contributed by atoms with Crippen molar-refractivity contribution in [1.29, 1.82) is 0 Å². The highest BCUT2D eigenvalue weighted by Gasteiger charge is 2.29. The van der Waals surface area contributed by atoms with E-state index in [1.54, 1.807) is 12.1 Å². The number of amides is 1.